The summed E-state index contributed by atoms with van der Waals surface area (Å²) in [7, 11) is 1.98. The molecule has 7 heteroatoms. The molecule has 0 fully saturated rings. The number of nitrogens with zero attached hydrogens (tertiary/aromatic N) is 4. The Hall–Kier alpha value is -2.42. The van der Waals surface area contributed by atoms with Gasteiger partial charge in [0, 0.05) is 19.0 Å². The fourth-order valence-corrected chi connectivity index (χ4v) is 3.75. The highest BCUT2D eigenvalue weighted by molar-refractivity contribution is 14.0. The Bertz CT molecular complexity index is 965. The summed E-state index contributed by atoms with van der Waals surface area (Å²) in [4.78, 5) is 4.85. The Kier molecular flexibility index (Phi) is 10.2. The topological polar surface area (TPSA) is 67.1 Å². The highest BCUT2D eigenvalue weighted by atomic mass is 127. The van der Waals surface area contributed by atoms with E-state index in [2.05, 4.69) is 77.1 Å². The lowest BCUT2D eigenvalue weighted by Gasteiger charge is -2.33. The Morgan fingerprint density at radius 3 is 2.12 bits per heavy atom. The second-order valence-corrected chi connectivity index (χ2v) is 7.93. The zero-order valence-corrected chi connectivity index (χ0v) is 21.8. The van der Waals surface area contributed by atoms with Crippen LogP contribution in [0.1, 0.15) is 49.5 Å². The second kappa shape index (κ2) is 12.6. The van der Waals surface area contributed by atoms with Crippen LogP contribution in [0.15, 0.2) is 65.7 Å². The van der Waals surface area contributed by atoms with Crippen molar-refractivity contribution in [3.63, 3.8) is 0 Å². The molecular weight excluding hydrogens is 511 g/mol. The summed E-state index contributed by atoms with van der Waals surface area (Å²) >= 11 is 0. The van der Waals surface area contributed by atoms with Gasteiger partial charge in [-0.1, -0.05) is 74.5 Å². The maximum Gasteiger partial charge on any atom is 0.192 e. The van der Waals surface area contributed by atoms with Crippen molar-refractivity contribution in [1.82, 2.24) is 25.4 Å². The lowest BCUT2D eigenvalue weighted by atomic mass is 9.76. The van der Waals surface area contributed by atoms with Gasteiger partial charge >= 0.3 is 0 Å². The number of aromatic nitrogens is 3. The van der Waals surface area contributed by atoms with Crippen molar-refractivity contribution >= 4 is 29.9 Å². The maximum absolute atomic E-state index is 4.85. The van der Waals surface area contributed by atoms with Crippen LogP contribution >= 0.6 is 24.0 Å². The van der Waals surface area contributed by atoms with Gasteiger partial charge in [0.15, 0.2) is 11.8 Å². The third-order valence-electron chi connectivity index (χ3n) is 6.19. The van der Waals surface area contributed by atoms with E-state index in [0.29, 0.717) is 13.1 Å². The smallest absolute Gasteiger partial charge is 0.192 e. The van der Waals surface area contributed by atoms with Gasteiger partial charge in [0.1, 0.15) is 5.82 Å². The number of hydrogen-bond acceptors (Lipinski definition) is 3. The number of hydrogen-bond donors (Lipinski definition) is 2. The number of nitrogens with one attached hydrogen (secondary N) is 2. The van der Waals surface area contributed by atoms with E-state index in [1.165, 1.54) is 11.1 Å². The minimum Gasteiger partial charge on any atom is -0.355 e. The highest BCUT2D eigenvalue weighted by Gasteiger charge is 2.28. The van der Waals surface area contributed by atoms with Gasteiger partial charge < -0.3 is 15.2 Å². The van der Waals surface area contributed by atoms with E-state index in [1.54, 1.807) is 0 Å². The van der Waals surface area contributed by atoms with Crippen molar-refractivity contribution in [2.75, 3.05) is 6.54 Å². The number of halogens is 1. The van der Waals surface area contributed by atoms with Crippen LogP contribution in [0, 0.1) is 6.92 Å². The van der Waals surface area contributed by atoms with Crippen LogP contribution in [-0.2, 0) is 25.6 Å². The fourth-order valence-electron chi connectivity index (χ4n) is 3.75. The molecule has 0 unspecified atom stereocenters. The molecule has 1 aromatic heterocycles. The molecule has 0 aliphatic carbocycles. The first-order valence-corrected chi connectivity index (χ1v) is 11.0. The van der Waals surface area contributed by atoms with E-state index < -0.39 is 0 Å². The van der Waals surface area contributed by atoms with Crippen molar-refractivity contribution in [3.05, 3.63) is 83.4 Å². The summed E-state index contributed by atoms with van der Waals surface area (Å²) < 4.78 is 1.99. The maximum atomic E-state index is 4.85. The lowest BCUT2D eigenvalue weighted by molar-refractivity contribution is 0.389. The predicted molar refractivity (Wildman–Crippen MR) is 142 cm³/mol. The van der Waals surface area contributed by atoms with E-state index in [4.69, 9.17) is 4.99 Å². The molecule has 2 N–H and O–H groups in total. The SMILES string of the molecule is CCC(CC)(CNC(=NCc1ccccc1)NCc1nnc(C)n1C)c1ccccc1.I. The van der Waals surface area contributed by atoms with Crippen LogP contribution in [0.2, 0.25) is 0 Å². The molecular formula is C25H35IN6. The van der Waals surface area contributed by atoms with E-state index in [0.717, 1.165) is 37.0 Å². The highest BCUT2D eigenvalue weighted by Crippen LogP contribution is 2.30. The van der Waals surface area contributed by atoms with Gasteiger partial charge in [-0.25, -0.2) is 4.99 Å². The van der Waals surface area contributed by atoms with Gasteiger partial charge in [-0.2, -0.15) is 0 Å². The van der Waals surface area contributed by atoms with Crippen LogP contribution in [0.25, 0.3) is 0 Å². The summed E-state index contributed by atoms with van der Waals surface area (Å²) in [6.07, 6.45) is 2.10. The molecule has 0 amide bonds. The summed E-state index contributed by atoms with van der Waals surface area (Å²) in [6.45, 7) is 8.46. The summed E-state index contributed by atoms with van der Waals surface area (Å²) in [5.41, 5.74) is 2.59. The molecule has 172 valence electrons. The number of guanidine groups is 1. The second-order valence-electron chi connectivity index (χ2n) is 7.93. The first kappa shape index (κ1) is 25.8. The predicted octanol–water partition coefficient (Wildman–Crippen LogP) is 4.73. The summed E-state index contributed by atoms with van der Waals surface area (Å²) in [6, 6.07) is 21.1. The van der Waals surface area contributed by atoms with Crippen LogP contribution in [-0.4, -0.2) is 27.3 Å². The Labute approximate surface area is 209 Å². The Morgan fingerprint density at radius 1 is 0.938 bits per heavy atom. The van der Waals surface area contributed by atoms with E-state index in [9.17, 15) is 0 Å². The van der Waals surface area contributed by atoms with Gasteiger partial charge in [-0.05, 0) is 30.9 Å². The van der Waals surface area contributed by atoms with Crippen molar-refractivity contribution in [2.45, 2.75) is 52.1 Å². The fraction of sp³-hybridized carbons (Fsp3) is 0.400. The number of aliphatic imine (C=N–C) groups is 1. The zero-order valence-electron chi connectivity index (χ0n) is 19.5. The van der Waals surface area contributed by atoms with E-state index >= 15 is 0 Å². The first-order valence-electron chi connectivity index (χ1n) is 11.0. The third kappa shape index (κ3) is 6.54. The molecule has 0 aliphatic heterocycles. The minimum atomic E-state index is 0. The molecule has 0 saturated carbocycles. The molecule has 0 saturated heterocycles. The molecule has 2 aromatic carbocycles. The van der Waals surface area contributed by atoms with Crippen LogP contribution in [0.4, 0.5) is 0 Å². The summed E-state index contributed by atoms with van der Waals surface area (Å²) in [5.74, 6) is 2.56. The minimum absolute atomic E-state index is 0. The van der Waals surface area contributed by atoms with E-state index in [-0.39, 0.29) is 29.4 Å². The quantitative estimate of drug-likeness (QED) is 0.231. The normalized spacial score (nSPS) is 11.7. The van der Waals surface area contributed by atoms with Crippen molar-refractivity contribution in [2.24, 2.45) is 12.0 Å². The number of benzene rings is 2. The van der Waals surface area contributed by atoms with Crippen LogP contribution < -0.4 is 10.6 Å². The zero-order chi connectivity index (χ0) is 22.1. The molecule has 3 rings (SSSR count). The van der Waals surface area contributed by atoms with Crippen molar-refractivity contribution in [3.8, 4) is 0 Å². The van der Waals surface area contributed by atoms with Crippen molar-refractivity contribution in [1.29, 1.82) is 0 Å². The largest absolute Gasteiger partial charge is 0.355 e. The van der Waals surface area contributed by atoms with Gasteiger partial charge in [-0.15, -0.1) is 34.2 Å². The van der Waals surface area contributed by atoms with Gasteiger partial charge in [-0.3, -0.25) is 0 Å². The molecule has 0 radical (unpaired) electrons. The van der Waals surface area contributed by atoms with E-state index in [1.807, 2.05) is 36.7 Å². The third-order valence-corrected chi connectivity index (χ3v) is 6.19. The van der Waals surface area contributed by atoms with Crippen molar-refractivity contribution < 1.29 is 0 Å². The average Bonchev–Trinajstić information content (AvgIpc) is 3.14. The molecule has 1 heterocycles. The van der Waals surface area contributed by atoms with Crippen LogP contribution in [0.3, 0.4) is 0 Å². The number of rotatable bonds is 9. The molecule has 6 nitrogen and oxygen atoms in total. The number of aryl methyl sites for hydroxylation is 1. The van der Waals surface area contributed by atoms with Gasteiger partial charge in [0.2, 0.25) is 0 Å². The first-order chi connectivity index (χ1) is 15.1. The molecule has 0 aliphatic rings. The van der Waals surface area contributed by atoms with Crippen LogP contribution in [0.5, 0.6) is 0 Å². The Morgan fingerprint density at radius 2 is 1.56 bits per heavy atom. The molecule has 0 atom stereocenters. The summed E-state index contributed by atoms with van der Waals surface area (Å²) in [5, 5.41) is 15.5. The monoisotopic (exact) mass is 546 g/mol. The van der Waals surface area contributed by atoms with Gasteiger partial charge in [0.05, 0.1) is 13.1 Å². The lowest BCUT2D eigenvalue weighted by Crippen LogP contribution is -2.45. The molecule has 0 spiro atoms. The van der Waals surface area contributed by atoms with Gasteiger partial charge in [0.25, 0.3) is 0 Å². The average molecular weight is 547 g/mol. The molecule has 0 bridgehead atoms. The standard InChI is InChI=1S/C25H34N6.HI/c1-5-25(6-2,22-15-11-8-12-16-22)19-28-24(26-17-21-13-9-7-10-14-21)27-18-23-30-29-20(3)31(23)4;/h7-16H,5-6,17-19H2,1-4H3,(H2,26,27,28);1H. The molecule has 3 aromatic rings. The Balaban J connectivity index is 0.00000363. The molecule has 32 heavy (non-hydrogen) atoms.